The number of sulfonamides is 1. The second-order valence-electron chi connectivity index (χ2n) is 4.85. The molecule has 1 aromatic heterocycles. The molecule has 0 amide bonds. The number of nitrogens with two attached hydrogens (primary N) is 1. The van der Waals surface area contributed by atoms with Gasteiger partial charge >= 0.3 is 0 Å². The molecule has 0 bridgehead atoms. The molecule has 2 rings (SSSR count). The topological polar surface area (TPSA) is 81.2 Å². The molecule has 0 radical (unpaired) electrons. The van der Waals surface area contributed by atoms with Crippen molar-refractivity contribution in [2.75, 3.05) is 19.6 Å². The predicted molar refractivity (Wildman–Crippen MR) is 73.4 cm³/mol. The van der Waals surface area contributed by atoms with E-state index in [0.29, 0.717) is 25.6 Å². The van der Waals surface area contributed by atoms with Crippen LogP contribution in [0.15, 0.2) is 11.2 Å². The largest absolute Gasteiger partial charge is 0.330 e. The van der Waals surface area contributed by atoms with Gasteiger partial charge in [0.15, 0.2) is 5.03 Å². The molecule has 0 aliphatic carbocycles. The highest BCUT2D eigenvalue weighted by Gasteiger charge is 2.32. The molecule has 0 atom stereocenters. The van der Waals surface area contributed by atoms with Crippen LogP contribution in [0.2, 0.25) is 5.02 Å². The van der Waals surface area contributed by atoms with Gasteiger partial charge in [-0.3, -0.25) is 4.68 Å². The van der Waals surface area contributed by atoms with E-state index in [0.717, 1.165) is 19.3 Å². The van der Waals surface area contributed by atoms with Gasteiger partial charge in [-0.2, -0.15) is 9.40 Å². The molecular formula is C11H19ClN4O2S. The average molecular weight is 307 g/mol. The lowest BCUT2D eigenvalue weighted by Crippen LogP contribution is -2.39. The minimum absolute atomic E-state index is 0.0754. The van der Waals surface area contributed by atoms with Gasteiger partial charge in [0.1, 0.15) is 0 Å². The smallest absolute Gasteiger partial charge is 0.261 e. The van der Waals surface area contributed by atoms with Gasteiger partial charge in [-0.05, 0) is 31.7 Å². The molecule has 1 aliphatic heterocycles. The molecule has 8 heteroatoms. The number of aromatic nitrogens is 2. The van der Waals surface area contributed by atoms with Gasteiger partial charge in [-0.25, -0.2) is 8.42 Å². The standard InChI is InChI=1S/C11H19ClN4O2S/c1-15-11(10(12)8-14-15)19(17,18)16-6-3-9(2-5-13)4-7-16/h8-9H,2-7,13H2,1H3. The molecule has 19 heavy (non-hydrogen) atoms. The minimum atomic E-state index is -3.55. The molecule has 1 aliphatic rings. The first-order valence-electron chi connectivity index (χ1n) is 6.34. The number of halogens is 1. The number of rotatable bonds is 4. The maximum Gasteiger partial charge on any atom is 0.261 e. The van der Waals surface area contributed by atoms with Crippen LogP contribution in [0.25, 0.3) is 0 Å². The Bertz CT molecular complexity index is 515. The van der Waals surface area contributed by atoms with Crippen LogP contribution in [0.5, 0.6) is 0 Å². The summed E-state index contributed by atoms with van der Waals surface area (Å²) in [6.45, 7) is 1.70. The average Bonchev–Trinajstić information content (AvgIpc) is 2.70. The van der Waals surface area contributed by atoms with Crippen molar-refractivity contribution in [1.82, 2.24) is 14.1 Å². The van der Waals surface area contributed by atoms with E-state index in [-0.39, 0.29) is 10.0 Å². The van der Waals surface area contributed by atoms with E-state index in [9.17, 15) is 8.42 Å². The third kappa shape index (κ3) is 2.94. The van der Waals surface area contributed by atoms with Gasteiger partial charge in [-0.1, -0.05) is 11.6 Å². The second kappa shape index (κ2) is 5.78. The molecule has 1 fully saturated rings. The van der Waals surface area contributed by atoms with Crippen LogP contribution in [0, 0.1) is 5.92 Å². The van der Waals surface area contributed by atoms with E-state index in [1.165, 1.54) is 15.2 Å². The zero-order chi connectivity index (χ0) is 14.0. The molecule has 2 heterocycles. The van der Waals surface area contributed by atoms with Gasteiger partial charge < -0.3 is 5.73 Å². The lowest BCUT2D eigenvalue weighted by molar-refractivity contribution is 0.264. The quantitative estimate of drug-likeness (QED) is 0.893. The summed E-state index contributed by atoms with van der Waals surface area (Å²) in [6.07, 6.45) is 4.02. The summed E-state index contributed by atoms with van der Waals surface area (Å²) in [4.78, 5) is 0. The Kier molecular flexibility index (Phi) is 4.50. The number of nitrogens with zero attached hydrogens (tertiary/aromatic N) is 3. The molecule has 108 valence electrons. The molecule has 6 nitrogen and oxygen atoms in total. The van der Waals surface area contributed by atoms with Gasteiger partial charge in [0.25, 0.3) is 10.0 Å². The first-order valence-corrected chi connectivity index (χ1v) is 8.16. The molecule has 1 aromatic rings. The van der Waals surface area contributed by atoms with Crippen molar-refractivity contribution < 1.29 is 8.42 Å². The van der Waals surface area contributed by atoms with E-state index < -0.39 is 10.0 Å². The molecule has 0 aromatic carbocycles. The third-order valence-corrected chi connectivity index (χ3v) is 5.98. The molecule has 2 N–H and O–H groups in total. The fraction of sp³-hybridized carbons (Fsp3) is 0.727. The first kappa shape index (κ1) is 14.8. The van der Waals surface area contributed by atoms with Crippen LogP contribution in [-0.4, -0.2) is 42.1 Å². The molecule has 0 saturated carbocycles. The number of hydrogen-bond acceptors (Lipinski definition) is 4. The van der Waals surface area contributed by atoms with Crippen molar-refractivity contribution in [3.63, 3.8) is 0 Å². The fourth-order valence-electron chi connectivity index (χ4n) is 2.49. The highest BCUT2D eigenvalue weighted by atomic mass is 35.5. The SMILES string of the molecule is Cn1ncc(Cl)c1S(=O)(=O)N1CCC(CCN)CC1. The van der Waals surface area contributed by atoms with E-state index in [2.05, 4.69) is 5.10 Å². The van der Waals surface area contributed by atoms with Crippen LogP contribution in [0.4, 0.5) is 0 Å². The maximum atomic E-state index is 12.5. The zero-order valence-electron chi connectivity index (χ0n) is 10.9. The highest BCUT2D eigenvalue weighted by molar-refractivity contribution is 7.89. The van der Waals surface area contributed by atoms with Crippen LogP contribution < -0.4 is 5.73 Å². The summed E-state index contributed by atoms with van der Waals surface area (Å²) in [7, 11) is -1.96. The van der Waals surface area contributed by atoms with Crippen LogP contribution >= 0.6 is 11.6 Å². The number of piperidine rings is 1. The minimum Gasteiger partial charge on any atom is -0.330 e. The summed E-state index contributed by atoms with van der Waals surface area (Å²) in [5.74, 6) is 0.526. The Labute approximate surface area is 118 Å². The summed E-state index contributed by atoms with van der Waals surface area (Å²) in [5, 5.41) is 4.13. The van der Waals surface area contributed by atoms with E-state index in [4.69, 9.17) is 17.3 Å². The van der Waals surface area contributed by atoms with Gasteiger partial charge in [-0.15, -0.1) is 0 Å². The van der Waals surface area contributed by atoms with Gasteiger partial charge in [0.05, 0.1) is 11.2 Å². The number of hydrogen-bond donors (Lipinski definition) is 1. The Hall–Kier alpha value is -0.630. The van der Waals surface area contributed by atoms with Crippen molar-refractivity contribution in [2.45, 2.75) is 24.3 Å². The molecule has 0 unspecified atom stereocenters. The van der Waals surface area contributed by atoms with Crippen LogP contribution in [-0.2, 0) is 17.1 Å². The Morgan fingerprint density at radius 3 is 2.58 bits per heavy atom. The highest BCUT2D eigenvalue weighted by Crippen LogP contribution is 2.28. The van der Waals surface area contributed by atoms with E-state index in [1.54, 1.807) is 7.05 Å². The van der Waals surface area contributed by atoms with Crippen molar-refractivity contribution in [3.05, 3.63) is 11.2 Å². The van der Waals surface area contributed by atoms with Crippen molar-refractivity contribution >= 4 is 21.6 Å². The monoisotopic (exact) mass is 306 g/mol. The normalized spacial score (nSPS) is 18.9. The number of aryl methyl sites for hydroxylation is 1. The lowest BCUT2D eigenvalue weighted by atomic mass is 9.95. The summed E-state index contributed by atoms with van der Waals surface area (Å²) in [5.41, 5.74) is 5.54. The Morgan fingerprint density at radius 2 is 2.11 bits per heavy atom. The van der Waals surface area contributed by atoms with Gasteiger partial charge in [0.2, 0.25) is 0 Å². The first-order chi connectivity index (χ1) is 8.96. The van der Waals surface area contributed by atoms with Crippen molar-refractivity contribution in [2.24, 2.45) is 18.7 Å². The fourth-order valence-corrected chi connectivity index (χ4v) is 4.56. The Balaban J connectivity index is 2.15. The zero-order valence-corrected chi connectivity index (χ0v) is 12.5. The molecule has 1 saturated heterocycles. The summed E-state index contributed by atoms with van der Waals surface area (Å²) < 4.78 is 27.8. The van der Waals surface area contributed by atoms with Gasteiger partial charge in [0, 0.05) is 20.1 Å². The molecule has 0 spiro atoms. The second-order valence-corrected chi connectivity index (χ2v) is 7.11. The van der Waals surface area contributed by atoms with Crippen LogP contribution in [0.1, 0.15) is 19.3 Å². The Morgan fingerprint density at radius 1 is 1.47 bits per heavy atom. The third-order valence-electron chi connectivity index (χ3n) is 3.58. The van der Waals surface area contributed by atoms with Crippen molar-refractivity contribution in [1.29, 1.82) is 0 Å². The van der Waals surface area contributed by atoms with Crippen molar-refractivity contribution in [3.8, 4) is 0 Å². The lowest BCUT2D eigenvalue weighted by Gasteiger charge is -2.30. The predicted octanol–water partition coefficient (Wildman–Crippen LogP) is 0.823. The van der Waals surface area contributed by atoms with E-state index >= 15 is 0 Å². The molecular weight excluding hydrogens is 288 g/mol. The van der Waals surface area contributed by atoms with Crippen LogP contribution in [0.3, 0.4) is 0 Å². The summed E-state index contributed by atoms with van der Waals surface area (Å²) in [6, 6.07) is 0. The van der Waals surface area contributed by atoms with E-state index in [1.807, 2.05) is 0 Å². The maximum absolute atomic E-state index is 12.5. The summed E-state index contributed by atoms with van der Waals surface area (Å²) >= 11 is 5.92.